The van der Waals surface area contributed by atoms with Crippen molar-refractivity contribution in [2.75, 3.05) is 32.4 Å². The van der Waals surface area contributed by atoms with Crippen molar-refractivity contribution in [2.45, 2.75) is 6.54 Å². The zero-order valence-electron chi connectivity index (χ0n) is 9.16. The van der Waals surface area contributed by atoms with Gasteiger partial charge in [-0.3, -0.25) is 4.90 Å². The van der Waals surface area contributed by atoms with Gasteiger partial charge >= 0.3 is 0 Å². The summed E-state index contributed by atoms with van der Waals surface area (Å²) >= 11 is 0. The fourth-order valence-corrected chi connectivity index (χ4v) is 2.59. The van der Waals surface area contributed by atoms with Crippen LogP contribution in [0, 0.1) is 0 Å². The van der Waals surface area contributed by atoms with Crippen LogP contribution in [-0.2, 0) is 16.6 Å². The summed E-state index contributed by atoms with van der Waals surface area (Å²) in [5, 5.41) is 0. The molecule has 0 atom stereocenters. The van der Waals surface area contributed by atoms with Crippen LogP contribution in [0.15, 0.2) is 17.1 Å². The van der Waals surface area contributed by atoms with Crippen LogP contribution in [0.5, 0.6) is 0 Å². The van der Waals surface area contributed by atoms with E-state index in [0.717, 1.165) is 18.8 Å². The molecule has 0 bridgehead atoms. The van der Waals surface area contributed by atoms with Crippen molar-refractivity contribution in [3.05, 3.63) is 18.4 Å². The molecule has 1 aliphatic heterocycles. The fourth-order valence-electron chi connectivity index (χ4n) is 1.76. The van der Waals surface area contributed by atoms with E-state index < -0.39 is 10.0 Å². The van der Waals surface area contributed by atoms with Crippen LogP contribution in [0.1, 0.15) is 5.69 Å². The predicted molar refractivity (Wildman–Crippen MR) is 58.2 cm³/mol. The summed E-state index contributed by atoms with van der Waals surface area (Å²) in [7, 11) is -3.04. The Morgan fingerprint density at radius 2 is 2.06 bits per heavy atom. The minimum Gasteiger partial charge on any atom is -0.451 e. The van der Waals surface area contributed by atoms with Gasteiger partial charge in [0.1, 0.15) is 6.26 Å². The Morgan fingerprint density at radius 3 is 2.56 bits per heavy atom. The third-order valence-electron chi connectivity index (χ3n) is 2.67. The zero-order valence-corrected chi connectivity index (χ0v) is 9.98. The lowest BCUT2D eigenvalue weighted by molar-refractivity contribution is 0.180. The molecule has 0 aliphatic carbocycles. The summed E-state index contributed by atoms with van der Waals surface area (Å²) in [6.07, 6.45) is 4.27. The molecule has 0 amide bonds. The van der Waals surface area contributed by atoms with Crippen LogP contribution in [-0.4, -0.2) is 55.0 Å². The molecule has 0 aromatic carbocycles. The van der Waals surface area contributed by atoms with Gasteiger partial charge < -0.3 is 4.42 Å². The zero-order chi connectivity index (χ0) is 11.6. The van der Waals surface area contributed by atoms with Crippen molar-refractivity contribution in [2.24, 2.45) is 0 Å². The van der Waals surface area contributed by atoms with E-state index in [9.17, 15) is 8.42 Å². The van der Waals surface area contributed by atoms with Gasteiger partial charge in [-0.2, -0.15) is 4.31 Å². The molecular formula is C9H15N3O3S. The summed E-state index contributed by atoms with van der Waals surface area (Å²) in [4.78, 5) is 6.20. The van der Waals surface area contributed by atoms with Crippen molar-refractivity contribution in [3.63, 3.8) is 0 Å². The number of aromatic nitrogens is 1. The van der Waals surface area contributed by atoms with Gasteiger partial charge in [-0.25, -0.2) is 13.4 Å². The molecule has 7 heteroatoms. The van der Waals surface area contributed by atoms with Crippen LogP contribution in [0.4, 0.5) is 0 Å². The Hall–Kier alpha value is -0.920. The molecule has 0 N–H and O–H groups in total. The Morgan fingerprint density at radius 1 is 1.38 bits per heavy atom. The van der Waals surface area contributed by atoms with E-state index in [1.165, 1.54) is 17.0 Å². The number of piperazine rings is 1. The molecule has 1 aliphatic rings. The van der Waals surface area contributed by atoms with Crippen LogP contribution in [0.2, 0.25) is 0 Å². The molecule has 16 heavy (non-hydrogen) atoms. The van der Waals surface area contributed by atoms with Crippen molar-refractivity contribution in [3.8, 4) is 0 Å². The highest BCUT2D eigenvalue weighted by molar-refractivity contribution is 7.88. The van der Waals surface area contributed by atoms with Crippen LogP contribution in [0.25, 0.3) is 0 Å². The first-order chi connectivity index (χ1) is 7.55. The van der Waals surface area contributed by atoms with Crippen molar-refractivity contribution in [1.82, 2.24) is 14.2 Å². The quantitative estimate of drug-likeness (QED) is 0.734. The fraction of sp³-hybridized carbons (Fsp3) is 0.667. The monoisotopic (exact) mass is 245 g/mol. The van der Waals surface area contributed by atoms with Crippen molar-refractivity contribution in [1.29, 1.82) is 0 Å². The van der Waals surface area contributed by atoms with E-state index in [0.29, 0.717) is 19.6 Å². The summed E-state index contributed by atoms with van der Waals surface area (Å²) in [6, 6.07) is 0. The number of oxazole rings is 1. The minimum atomic E-state index is -3.04. The van der Waals surface area contributed by atoms with Gasteiger partial charge in [0.05, 0.1) is 11.9 Å². The largest absolute Gasteiger partial charge is 0.451 e. The van der Waals surface area contributed by atoms with E-state index in [4.69, 9.17) is 4.42 Å². The molecule has 1 saturated heterocycles. The van der Waals surface area contributed by atoms with Crippen LogP contribution < -0.4 is 0 Å². The summed E-state index contributed by atoms with van der Waals surface area (Å²) < 4.78 is 29.0. The highest BCUT2D eigenvalue weighted by atomic mass is 32.2. The Balaban J connectivity index is 1.86. The molecule has 2 heterocycles. The van der Waals surface area contributed by atoms with E-state index in [1.54, 1.807) is 6.26 Å². The maximum absolute atomic E-state index is 11.3. The van der Waals surface area contributed by atoms with E-state index >= 15 is 0 Å². The molecule has 0 spiro atoms. The molecule has 0 radical (unpaired) electrons. The third kappa shape index (κ3) is 2.81. The van der Waals surface area contributed by atoms with Crippen molar-refractivity contribution >= 4 is 10.0 Å². The van der Waals surface area contributed by atoms with Crippen LogP contribution in [0.3, 0.4) is 0 Å². The highest BCUT2D eigenvalue weighted by Gasteiger charge is 2.23. The molecule has 1 fully saturated rings. The lowest BCUT2D eigenvalue weighted by Gasteiger charge is -2.32. The van der Waals surface area contributed by atoms with Gasteiger partial charge in [-0.15, -0.1) is 0 Å². The van der Waals surface area contributed by atoms with E-state index in [1.807, 2.05) is 0 Å². The maximum atomic E-state index is 11.3. The van der Waals surface area contributed by atoms with Gasteiger partial charge in [-0.1, -0.05) is 0 Å². The molecule has 0 unspecified atom stereocenters. The summed E-state index contributed by atoms with van der Waals surface area (Å²) in [5.41, 5.74) is 0.882. The average molecular weight is 245 g/mol. The Labute approximate surface area is 94.9 Å². The Bertz CT molecular complexity index is 421. The highest BCUT2D eigenvalue weighted by Crippen LogP contribution is 2.09. The second-order valence-electron chi connectivity index (χ2n) is 3.92. The summed E-state index contributed by atoms with van der Waals surface area (Å²) in [6.45, 7) is 3.29. The standard InChI is InChI=1S/C9H15N3O3S/c1-16(13,14)12-4-2-11(3-5-12)6-9-7-15-8-10-9/h7-8H,2-6H2,1H3. The Kier molecular flexibility index (Phi) is 3.27. The van der Waals surface area contributed by atoms with E-state index in [2.05, 4.69) is 9.88 Å². The average Bonchev–Trinajstić information content (AvgIpc) is 2.70. The van der Waals surface area contributed by atoms with Gasteiger partial charge in [0.25, 0.3) is 0 Å². The topological polar surface area (TPSA) is 66.7 Å². The molecule has 90 valence electrons. The minimum absolute atomic E-state index is 0.552. The number of sulfonamides is 1. The number of hydrogen-bond acceptors (Lipinski definition) is 5. The molecule has 1 aromatic heterocycles. The lowest BCUT2D eigenvalue weighted by Crippen LogP contribution is -2.47. The third-order valence-corrected chi connectivity index (χ3v) is 3.97. The first kappa shape index (κ1) is 11.6. The number of nitrogens with zero attached hydrogens (tertiary/aromatic N) is 3. The number of rotatable bonds is 3. The second kappa shape index (κ2) is 4.52. The second-order valence-corrected chi connectivity index (χ2v) is 5.90. The first-order valence-corrected chi connectivity index (χ1v) is 6.95. The van der Waals surface area contributed by atoms with Gasteiger partial charge in [0.15, 0.2) is 6.39 Å². The predicted octanol–water partition coefficient (Wildman–Crippen LogP) is -0.248. The normalized spacial score (nSPS) is 20.1. The summed E-state index contributed by atoms with van der Waals surface area (Å²) in [5.74, 6) is 0. The lowest BCUT2D eigenvalue weighted by atomic mass is 10.3. The molecule has 0 saturated carbocycles. The molecular weight excluding hydrogens is 230 g/mol. The van der Waals surface area contributed by atoms with Crippen molar-refractivity contribution < 1.29 is 12.8 Å². The van der Waals surface area contributed by atoms with Gasteiger partial charge in [0.2, 0.25) is 10.0 Å². The van der Waals surface area contributed by atoms with Crippen LogP contribution >= 0.6 is 0 Å². The van der Waals surface area contributed by atoms with E-state index in [-0.39, 0.29) is 0 Å². The first-order valence-electron chi connectivity index (χ1n) is 5.10. The maximum Gasteiger partial charge on any atom is 0.211 e. The molecule has 1 aromatic rings. The van der Waals surface area contributed by atoms with Gasteiger partial charge in [-0.05, 0) is 0 Å². The van der Waals surface area contributed by atoms with Gasteiger partial charge in [0, 0.05) is 32.7 Å². The number of hydrogen-bond donors (Lipinski definition) is 0. The SMILES string of the molecule is CS(=O)(=O)N1CCN(Cc2cocn2)CC1. The molecule has 2 rings (SSSR count). The smallest absolute Gasteiger partial charge is 0.211 e. The molecule has 6 nitrogen and oxygen atoms in total.